The minimum atomic E-state index is -3.16. The molecule has 2 heterocycles. The number of rotatable bonds is 4. The highest BCUT2D eigenvalue weighted by molar-refractivity contribution is 8.16. The maximum absolute atomic E-state index is 12.0. The number of carboxylic acid groups (broad SMARTS) is 1. The number of thioether (sulfide) groups is 1. The predicted octanol–water partition coefficient (Wildman–Crippen LogP) is 2.11. The average molecular weight is 417 g/mol. The number of aliphatic imine (C=N–C) groups is 1. The molecule has 0 radical (unpaired) electrons. The van der Waals surface area contributed by atoms with Gasteiger partial charge in [0.15, 0.2) is 15.0 Å². The molecule has 1 aromatic rings. The van der Waals surface area contributed by atoms with E-state index in [0.717, 1.165) is 5.56 Å². The van der Waals surface area contributed by atoms with E-state index in [4.69, 9.17) is 16.7 Å². The van der Waals surface area contributed by atoms with Gasteiger partial charge in [-0.15, -0.1) is 0 Å². The molecule has 2 saturated heterocycles. The highest BCUT2D eigenvalue weighted by Gasteiger charge is 2.49. The SMILES string of the molecule is Cc1ccc(Cl)cc1N1C(=NC(=O)CCC(=O)O)S[C@H]2CS(=O)(=O)C[C@H]21. The van der Waals surface area contributed by atoms with Crippen molar-refractivity contribution in [3.8, 4) is 0 Å². The fourth-order valence-electron chi connectivity index (χ4n) is 3.06. The van der Waals surface area contributed by atoms with E-state index >= 15 is 0 Å². The van der Waals surface area contributed by atoms with Crippen molar-refractivity contribution in [2.45, 2.75) is 31.1 Å². The molecule has 0 aromatic heterocycles. The second kappa shape index (κ2) is 7.21. The molecule has 26 heavy (non-hydrogen) atoms. The summed E-state index contributed by atoms with van der Waals surface area (Å²) in [7, 11) is -3.16. The number of hydrogen-bond donors (Lipinski definition) is 1. The molecule has 2 aliphatic heterocycles. The van der Waals surface area contributed by atoms with Gasteiger partial charge in [0.05, 0.1) is 24.0 Å². The Morgan fingerprint density at radius 3 is 2.77 bits per heavy atom. The Balaban J connectivity index is 1.97. The molecule has 2 fully saturated rings. The number of carboxylic acids is 1. The van der Waals surface area contributed by atoms with Gasteiger partial charge in [-0.25, -0.2) is 8.42 Å². The number of sulfone groups is 1. The van der Waals surface area contributed by atoms with E-state index in [-0.39, 0.29) is 35.6 Å². The highest BCUT2D eigenvalue weighted by atomic mass is 35.5. The van der Waals surface area contributed by atoms with E-state index in [0.29, 0.717) is 15.9 Å². The first kappa shape index (κ1) is 19.2. The van der Waals surface area contributed by atoms with Gasteiger partial charge in [0.25, 0.3) is 0 Å². The lowest BCUT2D eigenvalue weighted by molar-refractivity contribution is -0.138. The molecule has 2 atom stereocenters. The second-order valence-electron chi connectivity index (χ2n) is 6.28. The molecule has 140 valence electrons. The summed E-state index contributed by atoms with van der Waals surface area (Å²) in [5.41, 5.74) is 1.59. The van der Waals surface area contributed by atoms with Gasteiger partial charge in [-0.3, -0.25) is 9.59 Å². The Morgan fingerprint density at radius 1 is 1.35 bits per heavy atom. The monoisotopic (exact) mass is 416 g/mol. The fraction of sp³-hybridized carbons (Fsp3) is 0.438. The summed E-state index contributed by atoms with van der Waals surface area (Å²) >= 11 is 7.36. The summed E-state index contributed by atoms with van der Waals surface area (Å²) in [6.07, 6.45) is -0.493. The van der Waals surface area contributed by atoms with Gasteiger partial charge >= 0.3 is 5.97 Å². The number of aliphatic carboxylic acids is 1. The summed E-state index contributed by atoms with van der Waals surface area (Å²) in [5.74, 6) is -1.59. The predicted molar refractivity (Wildman–Crippen MR) is 102 cm³/mol. The van der Waals surface area contributed by atoms with E-state index in [1.54, 1.807) is 17.0 Å². The van der Waals surface area contributed by atoms with E-state index in [1.165, 1.54) is 11.8 Å². The van der Waals surface area contributed by atoms with Crippen molar-refractivity contribution in [2.75, 3.05) is 16.4 Å². The Labute approximate surface area is 160 Å². The zero-order chi connectivity index (χ0) is 19.1. The van der Waals surface area contributed by atoms with E-state index in [1.807, 2.05) is 13.0 Å². The van der Waals surface area contributed by atoms with Crippen molar-refractivity contribution < 1.29 is 23.1 Å². The number of nitrogens with zero attached hydrogens (tertiary/aromatic N) is 2. The van der Waals surface area contributed by atoms with Crippen molar-refractivity contribution in [1.82, 2.24) is 0 Å². The summed E-state index contributed by atoms with van der Waals surface area (Å²) in [6.45, 7) is 1.87. The smallest absolute Gasteiger partial charge is 0.303 e. The molecule has 7 nitrogen and oxygen atoms in total. The van der Waals surface area contributed by atoms with Crippen molar-refractivity contribution in [3.05, 3.63) is 28.8 Å². The van der Waals surface area contributed by atoms with Crippen molar-refractivity contribution in [1.29, 1.82) is 0 Å². The fourth-order valence-corrected chi connectivity index (χ4v) is 7.16. The molecule has 0 spiro atoms. The first-order valence-electron chi connectivity index (χ1n) is 7.92. The van der Waals surface area contributed by atoms with Crippen LogP contribution in [0.1, 0.15) is 18.4 Å². The van der Waals surface area contributed by atoms with Gasteiger partial charge in [0.2, 0.25) is 5.91 Å². The molecule has 0 bridgehead atoms. The number of anilines is 1. The first-order valence-corrected chi connectivity index (χ1v) is 11.0. The lowest BCUT2D eigenvalue weighted by Gasteiger charge is -2.26. The third-order valence-corrected chi connectivity index (χ3v) is 7.72. The van der Waals surface area contributed by atoms with Gasteiger partial charge in [-0.1, -0.05) is 29.4 Å². The standard InChI is InChI=1S/C16H17ClN2O5S2/c1-9-2-3-10(17)6-11(9)19-12-7-26(23,24)8-13(12)25-16(19)18-14(20)4-5-15(21)22/h2-3,6,12-13H,4-5,7-8H2,1H3,(H,21,22)/t12-,13+/m1/s1. The molecule has 1 aromatic carbocycles. The molecule has 0 saturated carbocycles. The van der Waals surface area contributed by atoms with Gasteiger partial charge < -0.3 is 10.0 Å². The van der Waals surface area contributed by atoms with Crippen LogP contribution in [0.3, 0.4) is 0 Å². The molecule has 10 heteroatoms. The number of amidine groups is 1. The number of amides is 1. The van der Waals surface area contributed by atoms with Crippen LogP contribution >= 0.6 is 23.4 Å². The Bertz CT molecular complexity index is 900. The molecular weight excluding hydrogens is 400 g/mol. The third-order valence-electron chi connectivity index (χ3n) is 4.27. The number of benzene rings is 1. The van der Waals surface area contributed by atoms with Crippen LogP contribution in [0.5, 0.6) is 0 Å². The van der Waals surface area contributed by atoms with Crippen LogP contribution in [0.15, 0.2) is 23.2 Å². The normalized spacial score (nSPS) is 25.5. The number of halogens is 1. The molecule has 1 amide bonds. The maximum Gasteiger partial charge on any atom is 0.303 e. The average Bonchev–Trinajstić information content (AvgIpc) is 2.99. The zero-order valence-corrected chi connectivity index (χ0v) is 16.3. The molecule has 3 rings (SSSR count). The molecule has 0 unspecified atom stereocenters. The first-order chi connectivity index (χ1) is 12.2. The summed E-state index contributed by atoms with van der Waals surface area (Å²) in [5, 5.41) is 9.39. The van der Waals surface area contributed by atoms with Gasteiger partial charge in [-0.05, 0) is 24.6 Å². The van der Waals surface area contributed by atoms with Gasteiger partial charge in [-0.2, -0.15) is 4.99 Å². The summed E-state index contributed by atoms with van der Waals surface area (Å²) in [6, 6.07) is 4.96. The maximum atomic E-state index is 12.0. The Kier molecular flexibility index (Phi) is 5.32. The van der Waals surface area contributed by atoms with Gasteiger partial charge in [0, 0.05) is 22.4 Å². The summed E-state index contributed by atoms with van der Waals surface area (Å²) in [4.78, 5) is 28.5. The van der Waals surface area contributed by atoms with Crippen molar-refractivity contribution in [2.24, 2.45) is 4.99 Å². The van der Waals surface area contributed by atoms with E-state index < -0.39 is 21.7 Å². The molecule has 1 N–H and O–H groups in total. The van der Waals surface area contributed by atoms with Gasteiger partial charge in [0.1, 0.15) is 0 Å². The third kappa shape index (κ3) is 4.05. The summed E-state index contributed by atoms with van der Waals surface area (Å²) < 4.78 is 24.1. The van der Waals surface area contributed by atoms with E-state index in [2.05, 4.69) is 4.99 Å². The highest BCUT2D eigenvalue weighted by Crippen LogP contribution is 2.42. The lowest BCUT2D eigenvalue weighted by Crippen LogP contribution is -2.38. The second-order valence-corrected chi connectivity index (χ2v) is 10.1. The van der Waals surface area contributed by atoms with Crippen LogP contribution in [-0.2, 0) is 19.4 Å². The Morgan fingerprint density at radius 2 is 2.08 bits per heavy atom. The van der Waals surface area contributed by atoms with Crippen LogP contribution < -0.4 is 4.90 Å². The topological polar surface area (TPSA) is 104 Å². The number of aryl methyl sites for hydroxylation is 1. The molecule has 2 aliphatic rings. The minimum Gasteiger partial charge on any atom is -0.481 e. The largest absolute Gasteiger partial charge is 0.481 e. The number of hydrogen-bond acceptors (Lipinski definition) is 5. The van der Waals surface area contributed by atoms with Crippen LogP contribution in [-0.4, -0.2) is 53.4 Å². The number of fused-ring (bicyclic) bond motifs is 1. The van der Waals surface area contributed by atoms with Crippen LogP contribution in [0.25, 0.3) is 0 Å². The number of carbonyl (C=O) groups is 2. The van der Waals surface area contributed by atoms with Crippen LogP contribution in [0, 0.1) is 6.92 Å². The van der Waals surface area contributed by atoms with Crippen LogP contribution in [0.2, 0.25) is 5.02 Å². The lowest BCUT2D eigenvalue weighted by atomic mass is 10.1. The Hall–Kier alpha value is -1.58. The van der Waals surface area contributed by atoms with Crippen LogP contribution in [0.4, 0.5) is 5.69 Å². The molecule has 0 aliphatic carbocycles. The van der Waals surface area contributed by atoms with E-state index in [9.17, 15) is 18.0 Å². The quantitative estimate of drug-likeness (QED) is 0.801. The van der Waals surface area contributed by atoms with Crippen molar-refractivity contribution in [3.63, 3.8) is 0 Å². The zero-order valence-electron chi connectivity index (χ0n) is 13.9. The molecular formula is C16H17ClN2O5S2. The number of carbonyl (C=O) groups excluding carboxylic acids is 1. The van der Waals surface area contributed by atoms with Crippen molar-refractivity contribution >= 4 is 55.9 Å². The minimum absolute atomic E-state index is 0.0149.